The maximum atomic E-state index is 12.5. The molecule has 2 unspecified atom stereocenters. The molecule has 3 fully saturated rings. The Morgan fingerprint density at radius 3 is 2.79 bits per heavy atom. The smallest absolute Gasteiger partial charge is 0.237 e. The molecular formula is C14H26N4O. The van der Waals surface area contributed by atoms with E-state index in [0.29, 0.717) is 24.5 Å². The first-order valence-electron chi connectivity index (χ1n) is 7.70. The van der Waals surface area contributed by atoms with Crippen molar-refractivity contribution in [2.45, 2.75) is 31.8 Å². The van der Waals surface area contributed by atoms with Crippen LogP contribution >= 0.6 is 0 Å². The minimum atomic E-state index is 0.334. The van der Waals surface area contributed by atoms with Gasteiger partial charge in [-0.15, -0.1) is 0 Å². The van der Waals surface area contributed by atoms with Gasteiger partial charge in [0.1, 0.15) is 0 Å². The fourth-order valence-corrected chi connectivity index (χ4v) is 3.69. The maximum absolute atomic E-state index is 12.5. The molecule has 3 saturated heterocycles. The summed E-state index contributed by atoms with van der Waals surface area (Å²) in [5.74, 6) is 0.334. The fourth-order valence-electron chi connectivity index (χ4n) is 3.69. The van der Waals surface area contributed by atoms with Crippen molar-refractivity contribution < 1.29 is 4.79 Å². The summed E-state index contributed by atoms with van der Waals surface area (Å²) in [6.45, 7) is 10.1. The first-order chi connectivity index (χ1) is 9.24. The number of rotatable bonds is 2. The van der Waals surface area contributed by atoms with E-state index in [1.54, 1.807) is 0 Å². The minimum absolute atomic E-state index is 0.334. The second-order valence-electron chi connectivity index (χ2n) is 6.21. The Balaban J connectivity index is 1.56. The monoisotopic (exact) mass is 266 g/mol. The first kappa shape index (κ1) is 13.3. The van der Waals surface area contributed by atoms with E-state index < -0.39 is 0 Å². The molecule has 5 nitrogen and oxygen atoms in total. The summed E-state index contributed by atoms with van der Waals surface area (Å²) in [6.07, 6.45) is 2.57. The first-order valence-corrected chi connectivity index (χ1v) is 7.70. The van der Waals surface area contributed by atoms with E-state index >= 15 is 0 Å². The molecule has 2 atom stereocenters. The Labute approximate surface area is 115 Å². The Kier molecular flexibility index (Phi) is 4.05. The summed E-state index contributed by atoms with van der Waals surface area (Å²) in [5.41, 5.74) is 0. The number of carbonyl (C=O) groups is 1. The largest absolute Gasteiger partial charge is 0.336 e. The summed E-state index contributed by atoms with van der Waals surface area (Å²) in [4.78, 5) is 19.5. The number of hydrogen-bond donors (Lipinski definition) is 1. The number of amides is 1. The van der Waals surface area contributed by atoms with E-state index in [9.17, 15) is 4.79 Å². The van der Waals surface area contributed by atoms with Crippen molar-refractivity contribution in [1.82, 2.24) is 20.0 Å². The highest BCUT2D eigenvalue weighted by Gasteiger charge is 2.36. The second kappa shape index (κ2) is 5.77. The zero-order valence-corrected chi connectivity index (χ0v) is 12.0. The number of nitrogens with zero attached hydrogens (tertiary/aromatic N) is 3. The van der Waals surface area contributed by atoms with Gasteiger partial charge in [-0.2, -0.15) is 0 Å². The molecule has 5 heteroatoms. The lowest BCUT2D eigenvalue weighted by Gasteiger charge is -2.43. The van der Waals surface area contributed by atoms with E-state index in [0.717, 1.165) is 39.3 Å². The molecule has 0 aliphatic carbocycles. The van der Waals surface area contributed by atoms with Crippen molar-refractivity contribution >= 4 is 5.91 Å². The Morgan fingerprint density at radius 2 is 2.00 bits per heavy atom. The predicted molar refractivity (Wildman–Crippen MR) is 75.1 cm³/mol. The van der Waals surface area contributed by atoms with Crippen LogP contribution < -0.4 is 5.32 Å². The third-order valence-corrected chi connectivity index (χ3v) is 4.83. The molecule has 0 bridgehead atoms. The highest BCUT2D eigenvalue weighted by atomic mass is 16.2. The van der Waals surface area contributed by atoms with Crippen molar-refractivity contribution in [2.24, 2.45) is 0 Å². The normalized spacial score (nSPS) is 33.4. The van der Waals surface area contributed by atoms with Gasteiger partial charge in [0.2, 0.25) is 5.91 Å². The van der Waals surface area contributed by atoms with Crippen LogP contribution in [0.4, 0.5) is 0 Å². The van der Waals surface area contributed by atoms with Crippen LogP contribution in [0.2, 0.25) is 0 Å². The van der Waals surface area contributed by atoms with Crippen LogP contribution in [0.3, 0.4) is 0 Å². The molecule has 0 spiro atoms. The van der Waals surface area contributed by atoms with Crippen LogP contribution in [0.1, 0.15) is 19.8 Å². The summed E-state index contributed by atoms with van der Waals surface area (Å²) in [5, 5.41) is 3.33. The third-order valence-electron chi connectivity index (χ3n) is 4.83. The summed E-state index contributed by atoms with van der Waals surface area (Å²) >= 11 is 0. The Morgan fingerprint density at radius 1 is 1.21 bits per heavy atom. The topological polar surface area (TPSA) is 38.8 Å². The quantitative estimate of drug-likeness (QED) is 0.737. The fraction of sp³-hybridized carbons (Fsp3) is 0.929. The average Bonchev–Trinajstić information content (AvgIpc) is 2.86. The lowest BCUT2D eigenvalue weighted by Crippen LogP contribution is -2.59. The molecule has 0 radical (unpaired) electrons. The highest BCUT2D eigenvalue weighted by molar-refractivity contribution is 5.78. The lowest BCUT2D eigenvalue weighted by atomic mass is 10.1. The van der Waals surface area contributed by atoms with Gasteiger partial charge in [-0.05, 0) is 26.3 Å². The van der Waals surface area contributed by atoms with Gasteiger partial charge >= 0.3 is 0 Å². The maximum Gasteiger partial charge on any atom is 0.237 e. The van der Waals surface area contributed by atoms with E-state index in [1.165, 1.54) is 19.4 Å². The van der Waals surface area contributed by atoms with E-state index in [2.05, 4.69) is 26.9 Å². The minimum Gasteiger partial charge on any atom is -0.336 e. The van der Waals surface area contributed by atoms with Crippen molar-refractivity contribution in [1.29, 1.82) is 0 Å². The zero-order chi connectivity index (χ0) is 13.2. The van der Waals surface area contributed by atoms with Crippen LogP contribution in [0, 0.1) is 0 Å². The number of piperazine rings is 2. The van der Waals surface area contributed by atoms with Gasteiger partial charge in [0.25, 0.3) is 0 Å². The number of fused-ring (bicyclic) bond motifs is 1. The molecule has 0 saturated carbocycles. The van der Waals surface area contributed by atoms with Gasteiger partial charge in [-0.3, -0.25) is 14.6 Å². The second-order valence-corrected chi connectivity index (χ2v) is 6.21. The molecule has 3 aliphatic heterocycles. The van der Waals surface area contributed by atoms with E-state index in [1.807, 2.05) is 0 Å². The standard InChI is InChI=1S/C14H26N4O/c1-12-9-17-6-2-3-13(17)10-18(12)14(19)11-16-7-4-15-5-8-16/h12-13,15H,2-11H2,1H3. The highest BCUT2D eigenvalue weighted by Crippen LogP contribution is 2.24. The number of carbonyl (C=O) groups excluding carboxylic acids is 1. The van der Waals surface area contributed by atoms with Crippen LogP contribution in [0.5, 0.6) is 0 Å². The molecule has 19 heavy (non-hydrogen) atoms. The SMILES string of the molecule is CC1CN2CCCC2CN1C(=O)CN1CCNCC1. The van der Waals surface area contributed by atoms with E-state index in [-0.39, 0.29) is 0 Å². The summed E-state index contributed by atoms with van der Waals surface area (Å²) < 4.78 is 0. The number of nitrogens with one attached hydrogen (secondary N) is 1. The van der Waals surface area contributed by atoms with E-state index in [4.69, 9.17) is 0 Å². The molecule has 3 rings (SSSR count). The van der Waals surface area contributed by atoms with Crippen molar-refractivity contribution in [3.05, 3.63) is 0 Å². The summed E-state index contributed by atoms with van der Waals surface area (Å²) in [6, 6.07) is 1.01. The van der Waals surface area contributed by atoms with Gasteiger partial charge in [0.15, 0.2) is 0 Å². The molecule has 1 N–H and O–H groups in total. The predicted octanol–water partition coefficient (Wildman–Crippen LogP) is -0.413. The molecule has 108 valence electrons. The van der Waals surface area contributed by atoms with Crippen molar-refractivity contribution in [3.8, 4) is 0 Å². The van der Waals surface area contributed by atoms with Crippen molar-refractivity contribution in [2.75, 3.05) is 52.4 Å². The van der Waals surface area contributed by atoms with Gasteiger partial charge in [0, 0.05) is 51.4 Å². The summed E-state index contributed by atoms with van der Waals surface area (Å²) in [7, 11) is 0. The van der Waals surface area contributed by atoms with Gasteiger partial charge in [0.05, 0.1) is 6.54 Å². The van der Waals surface area contributed by atoms with Gasteiger partial charge < -0.3 is 10.2 Å². The lowest BCUT2D eigenvalue weighted by molar-refractivity contribution is -0.138. The molecule has 3 heterocycles. The third kappa shape index (κ3) is 2.93. The molecule has 0 aromatic heterocycles. The van der Waals surface area contributed by atoms with Crippen LogP contribution in [-0.2, 0) is 4.79 Å². The molecule has 0 aromatic carbocycles. The molecule has 0 aromatic rings. The number of hydrogen-bond acceptors (Lipinski definition) is 4. The molecule has 3 aliphatic rings. The average molecular weight is 266 g/mol. The Bertz CT molecular complexity index is 329. The van der Waals surface area contributed by atoms with Gasteiger partial charge in [-0.1, -0.05) is 0 Å². The van der Waals surface area contributed by atoms with Crippen molar-refractivity contribution in [3.63, 3.8) is 0 Å². The van der Waals surface area contributed by atoms with Gasteiger partial charge in [-0.25, -0.2) is 0 Å². The molecular weight excluding hydrogens is 240 g/mol. The van der Waals surface area contributed by atoms with Crippen LogP contribution in [0.15, 0.2) is 0 Å². The van der Waals surface area contributed by atoms with Crippen LogP contribution in [0.25, 0.3) is 0 Å². The Hall–Kier alpha value is -0.650. The zero-order valence-electron chi connectivity index (χ0n) is 12.0. The van der Waals surface area contributed by atoms with Crippen LogP contribution in [-0.4, -0.2) is 85.0 Å². The molecule has 1 amide bonds.